The van der Waals surface area contributed by atoms with Crippen LogP contribution in [0.4, 0.5) is 11.5 Å². The number of anilines is 2. The topological polar surface area (TPSA) is 79.4 Å². The monoisotopic (exact) mass is 324 g/mol. The van der Waals surface area contributed by atoms with Gasteiger partial charge in [-0.3, -0.25) is 4.98 Å². The molecule has 3 heterocycles. The van der Waals surface area contributed by atoms with Crippen molar-refractivity contribution >= 4 is 50.2 Å². The van der Waals surface area contributed by atoms with E-state index in [1.54, 1.807) is 18.7 Å². The SMILES string of the molecule is Clc1nc(Nc2cncc(Br)c2)c2[nH]cnc2n1. The molecular weight excluding hydrogens is 320 g/mol. The molecule has 0 bridgehead atoms. The summed E-state index contributed by atoms with van der Waals surface area (Å²) in [6.45, 7) is 0. The lowest BCUT2D eigenvalue weighted by Crippen LogP contribution is -1.97. The number of nitrogens with one attached hydrogen (secondary N) is 2. The number of nitrogens with zero attached hydrogens (tertiary/aromatic N) is 4. The van der Waals surface area contributed by atoms with Gasteiger partial charge in [0.25, 0.3) is 0 Å². The van der Waals surface area contributed by atoms with E-state index in [4.69, 9.17) is 11.6 Å². The van der Waals surface area contributed by atoms with E-state index in [0.29, 0.717) is 17.0 Å². The Morgan fingerprint density at radius 3 is 3.00 bits per heavy atom. The van der Waals surface area contributed by atoms with Gasteiger partial charge in [0.1, 0.15) is 5.52 Å². The van der Waals surface area contributed by atoms with Gasteiger partial charge in [0.2, 0.25) is 5.28 Å². The summed E-state index contributed by atoms with van der Waals surface area (Å²) in [7, 11) is 0. The van der Waals surface area contributed by atoms with Crippen molar-refractivity contribution in [3.8, 4) is 0 Å². The van der Waals surface area contributed by atoms with Gasteiger partial charge < -0.3 is 10.3 Å². The van der Waals surface area contributed by atoms with Gasteiger partial charge in [0.15, 0.2) is 11.5 Å². The number of hydrogen-bond acceptors (Lipinski definition) is 5. The Kier molecular flexibility index (Phi) is 2.85. The molecule has 90 valence electrons. The Morgan fingerprint density at radius 1 is 1.28 bits per heavy atom. The van der Waals surface area contributed by atoms with Gasteiger partial charge in [-0.2, -0.15) is 9.97 Å². The van der Waals surface area contributed by atoms with Crippen LogP contribution in [0.5, 0.6) is 0 Å². The summed E-state index contributed by atoms with van der Waals surface area (Å²) in [4.78, 5) is 19.2. The van der Waals surface area contributed by atoms with Crippen molar-refractivity contribution in [2.75, 3.05) is 5.32 Å². The molecule has 0 aliphatic carbocycles. The summed E-state index contributed by atoms with van der Waals surface area (Å²) in [6.07, 6.45) is 4.92. The Labute approximate surface area is 115 Å². The van der Waals surface area contributed by atoms with Crippen LogP contribution >= 0.6 is 27.5 Å². The highest BCUT2D eigenvalue weighted by atomic mass is 79.9. The van der Waals surface area contributed by atoms with Crippen LogP contribution in [0.2, 0.25) is 5.28 Å². The second-order valence-corrected chi connectivity index (χ2v) is 4.71. The van der Waals surface area contributed by atoms with Gasteiger partial charge in [0, 0.05) is 10.7 Å². The Bertz CT molecular complexity index is 712. The van der Waals surface area contributed by atoms with Crippen molar-refractivity contribution in [2.45, 2.75) is 0 Å². The van der Waals surface area contributed by atoms with E-state index in [9.17, 15) is 0 Å². The van der Waals surface area contributed by atoms with Crippen LogP contribution in [0, 0.1) is 0 Å². The molecule has 0 spiro atoms. The van der Waals surface area contributed by atoms with E-state index in [1.807, 2.05) is 6.07 Å². The first-order valence-electron chi connectivity index (χ1n) is 4.96. The molecule has 0 aliphatic rings. The molecule has 2 N–H and O–H groups in total. The molecule has 0 amide bonds. The minimum absolute atomic E-state index is 0.139. The molecule has 3 rings (SSSR count). The van der Waals surface area contributed by atoms with Gasteiger partial charge >= 0.3 is 0 Å². The highest BCUT2D eigenvalue weighted by Gasteiger charge is 2.09. The third kappa shape index (κ3) is 2.14. The molecular formula is C10H6BrClN6. The van der Waals surface area contributed by atoms with Gasteiger partial charge in [0.05, 0.1) is 18.2 Å². The number of fused-ring (bicyclic) bond motifs is 1. The van der Waals surface area contributed by atoms with Gasteiger partial charge in [-0.05, 0) is 33.6 Å². The number of aromatic nitrogens is 5. The van der Waals surface area contributed by atoms with Crippen molar-refractivity contribution in [3.05, 3.63) is 34.5 Å². The fourth-order valence-electron chi connectivity index (χ4n) is 1.51. The molecule has 3 aromatic heterocycles. The van der Waals surface area contributed by atoms with Crippen molar-refractivity contribution in [3.63, 3.8) is 0 Å². The summed E-state index contributed by atoms with van der Waals surface area (Å²) < 4.78 is 0.869. The minimum Gasteiger partial charge on any atom is -0.340 e. The normalized spacial score (nSPS) is 10.8. The Balaban J connectivity index is 2.06. The van der Waals surface area contributed by atoms with Gasteiger partial charge in [-0.25, -0.2) is 4.98 Å². The van der Waals surface area contributed by atoms with Crippen LogP contribution in [0.3, 0.4) is 0 Å². The molecule has 6 nitrogen and oxygen atoms in total. The summed E-state index contributed by atoms with van der Waals surface area (Å²) in [5.41, 5.74) is 2.00. The fraction of sp³-hybridized carbons (Fsp3) is 0. The number of pyridine rings is 1. The number of imidazole rings is 1. The molecule has 0 aromatic carbocycles. The highest BCUT2D eigenvalue weighted by molar-refractivity contribution is 9.10. The molecule has 0 saturated heterocycles. The van der Waals surface area contributed by atoms with Crippen LogP contribution in [0.25, 0.3) is 11.2 Å². The van der Waals surface area contributed by atoms with E-state index < -0.39 is 0 Å². The Hall–Kier alpha value is -1.73. The third-order valence-corrected chi connectivity index (χ3v) is 2.83. The van der Waals surface area contributed by atoms with Crippen LogP contribution in [-0.4, -0.2) is 24.9 Å². The predicted molar refractivity (Wildman–Crippen MR) is 71.9 cm³/mol. The van der Waals surface area contributed by atoms with Crippen LogP contribution in [0.15, 0.2) is 29.3 Å². The first kappa shape index (κ1) is 11.4. The van der Waals surface area contributed by atoms with Crippen molar-refractivity contribution in [1.82, 2.24) is 24.9 Å². The maximum absolute atomic E-state index is 5.84. The second-order valence-electron chi connectivity index (χ2n) is 3.46. The van der Waals surface area contributed by atoms with Crippen molar-refractivity contribution < 1.29 is 0 Å². The zero-order valence-electron chi connectivity index (χ0n) is 8.85. The van der Waals surface area contributed by atoms with Crippen LogP contribution < -0.4 is 5.32 Å². The molecule has 8 heteroatoms. The minimum atomic E-state index is 0.139. The molecule has 0 atom stereocenters. The molecule has 18 heavy (non-hydrogen) atoms. The summed E-state index contributed by atoms with van der Waals surface area (Å²) in [6, 6.07) is 1.88. The molecule has 0 aliphatic heterocycles. The summed E-state index contributed by atoms with van der Waals surface area (Å²) >= 11 is 9.19. The number of hydrogen-bond donors (Lipinski definition) is 2. The molecule has 0 unspecified atom stereocenters. The van der Waals surface area contributed by atoms with E-state index >= 15 is 0 Å². The van der Waals surface area contributed by atoms with E-state index in [0.717, 1.165) is 10.2 Å². The smallest absolute Gasteiger partial charge is 0.226 e. The van der Waals surface area contributed by atoms with E-state index in [-0.39, 0.29) is 5.28 Å². The average molecular weight is 326 g/mol. The quantitative estimate of drug-likeness (QED) is 0.708. The molecule has 3 aromatic rings. The standard InChI is InChI=1S/C10H6BrClN6/c11-5-1-6(3-13-2-5)16-9-7-8(15-4-14-7)17-10(12)18-9/h1-4H,(H2,14,15,16,17,18). The lowest BCUT2D eigenvalue weighted by molar-refractivity contribution is 1.19. The maximum atomic E-state index is 5.84. The second kappa shape index (κ2) is 4.51. The summed E-state index contributed by atoms with van der Waals surface area (Å²) in [5.74, 6) is 0.558. The van der Waals surface area contributed by atoms with Crippen LogP contribution in [-0.2, 0) is 0 Å². The number of aromatic amines is 1. The number of halogens is 2. The molecule has 0 saturated carbocycles. The highest BCUT2D eigenvalue weighted by Crippen LogP contribution is 2.23. The largest absolute Gasteiger partial charge is 0.340 e. The predicted octanol–water partition coefficient (Wildman–Crippen LogP) is 2.91. The van der Waals surface area contributed by atoms with Crippen LogP contribution in [0.1, 0.15) is 0 Å². The third-order valence-electron chi connectivity index (χ3n) is 2.23. The lowest BCUT2D eigenvalue weighted by atomic mass is 10.4. The first-order chi connectivity index (χ1) is 8.72. The number of rotatable bonds is 2. The average Bonchev–Trinajstić information content (AvgIpc) is 2.77. The van der Waals surface area contributed by atoms with Gasteiger partial charge in [-0.15, -0.1) is 0 Å². The Morgan fingerprint density at radius 2 is 2.17 bits per heavy atom. The maximum Gasteiger partial charge on any atom is 0.226 e. The summed E-state index contributed by atoms with van der Waals surface area (Å²) in [5, 5.41) is 3.25. The first-order valence-corrected chi connectivity index (χ1v) is 6.13. The van der Waals surface area contributed by atoms with E-state index in [2.05, 4.69) is 46.2 Å². The van der Waals surface area contributed by atoms with Crippen molar-refractivity contribution in [1.29, 1.82) is 0 Å². The van der Waals surface area contributed by atoms with E-state index in [1.165, 1.54) is 0 Å². The zero-order valence-corrected chi connectivity index (χ0v) is 11.2. The molecule has 0 radical (unpaired) electrons. The van der Waals surface area contributed by atoms with Gasteiger partial charge in [-0.1, -0.05) is 0 Å². The zero-order chi connectivity index (χ0) is 12.5. The number of H-pyrrole nitrogens is 1. The lowest BCUT2D eigenvalue weighted by Gasteiger charge is -2.06. The molecule has 0 fully saturated rings. The van der Waals surface area contributed by atoms with Crippen molar-refractivity contribution in [2.24, 2.45) is 0 Å². The fourth-order valence-corrected chi connectivity index (χ4v) is 2.04.